The first-order chi connectivity index (χ1) is 10.2. The summed E-state index contributed by atoms with van der Waals surface area (Å²) in [6.45, 7) is 4.02. The van der Waals surface area contributed by atoms with E-state index in [-0.39, 0.29) is 5.69 Å². The molecule has 0 aliphatic heterocycles. The molecule has 7 heteroatoms. The molecule has 1 N–H and O–H groups in total. The number of unbranched alkanes of at least 4 members (excludes halogenated alkanes) is 1. The molecular formula is C14H18N4O3. The van der Waals surface area contributed by atoms with Crippen molar-refractivity contribution in [1.82, 2.24) is 9.97 Å². The van der Waals surface area contributed by atoms with E-state index in [2.05, 4.69) is 22.2 Å². The highest BCUT2D eigenvalue weighted by atomic mass is 16.6. The van der Waals surface area contributed by atoms with E-state index < -0.39 is 4.92 Å². The van der Waals surface area contributed by atoms with E-state index in [1.54, 1.807) is 6.07 Å². The second kappa shape index (κ2) is 7.49. The third-order valence-electron chi connectivity index (χ3n) is 3.01. The Labute approximate surface area is 122 Å². The molecule has 0 unspecified atom stereocenters. The molecule has 2 rings (SSSR count). The summed E-state index contributed by atoms with van der Waals surface area (Å²) in [5, 5.41) is 14.6. The molecule has 0 saturated heterocycles. The Hall–Kier alpha value is -2.28. The molecule has 1 aromatic heterocycles. The minimum atomic E-state index is -0.427. The minimum absolute atomic E-state index is 0.0274. The number of hydrogen-bond donors (Lipinski definition) is 1. The molecule has 112 valence electrons. The van der Waals surface area contributed by atoms with Crippen LogP contribution < -0.4 is 5.32 Å². The van der Waals surface area contributed by atoms with Gasteiger partial charge in [0.15, 0.2) is 0 Å². The lowest BCUT2D eigenvalue weighted by atomic mass is 10.2. The molecule has 0 aliphatic rings. The fraction of sp³-hybridized carbons (Fsp3) is 0.429. The molecule has 0 amide bonds. The van der Waals surface area contributed by atoms with Crippen molar-refractivity contribution in [2.75, 3.05) is 25.1 Å². The number of fused-ring (bicyclic) bond motifs is 1. The van der Waals surface area contributed by atoms with Crippen LogP contribution in [0.3, 0.4) is 0 Å². The van der Waals surface area contributed by atoms with Crippen molar-refractivity contribution in [3.05, 3.63) is 34.6 Å². The number of nitro benzene ring substituents is 1. The summed E-state index contributed by atoms with van der Waals surface area (Å²) in [7, 11) is 0. The molecule has 1 aromatic carbocycles. The molecule has 0 aliphatic carbocycles. The standard InChI is InChI=1S/C14H18N4O3/c1-2-3-7-21-8-6-15-14-12-9-11(18(19)20)4-5-13(12)16-10-17-14/h4-5,9-10H,2-3,6-8H2,1H3,(H,15,16,17). The number of anilines is 1. The predicted octanol–water partition coefficient (Wildman–Crippen LogP) is 2.77. The van der Waals surface area contributed by atoms with Crippen LogP contribution in [0.15, 0.2) is 24.5 Å². The molecule has 1 heterocycles. The molecule has 0 saturated carbocycles. The van der Waals surface area contributed by atoms with Crippen LogP contribution >= 0.6 is 0 Å². The Bertz CT molecular complexity index is 618. The van der Waals surface area contributed by atoms with Gasteiger partial charge < -0.3 is 10.1 Å². The molecule has 0 bridgehead atoms. The number of aromatic nitrogens is 2. The predicted molar refractivity (Wildman–Crippen MR) is 80.4 cm³/mol. The first kappa shape index (κ1) is 15.1. The minimum Gasteiger partial charge on any atom is -0.380 e. The monoisotopic (exact) mass is 290 g/mol. The number of benzene rings is 1. The highest BCUT2D eigenvalue weighted by Crippen LogP contribution is 2.23. The lowest BCUT2D eigenvalue weighted by Gasteiger charge is -2.08. The van der Waals surface area contributed by atoms with Crippen LogP contribution in [0.25, 0.3) is 10.9 Å². The van der Waals surface area contributed by atoms with Crippen molar-refractivity contribution in [2.45, 2.75) is 19.8 Å². The van der Waals surface area contributed by atoms with Gasteiger partial charge in [0.1, 0.15) is 12.1 Å². The second-order valence-electron chi connectivity index (χ2n) is 4.57. The SMILES string of the molecule is CCCCOCCNc1ncnc2ccc([N+](=O)[O-])cc12. The highest BCUT2D eigenvalue weighted by molar-refractivity contribution is 5.90. The molecule has 0 spiro atoms. The summed E-state index contributed by atoms with van der Waals surface area (Å²) >= 11 is 0. The second-order valence-corrected chi connectivity index (χ2v) is 4.57. The number of nitrogens with one attached hydrogen (secondary N) is 1. The Kier molecular flexibility index (Phi) is 5.39. The Morgan fingerprint density at radius 3 is 2.95 bits per heavy atom. The topological polar surface area (TPSA) is 90.2 Å². The van der Waals surface area contributed by atoms with Gasteiger partial charge in [0.2, 0.25) is 0 Å². The van der Waals surface area contributed by atoms with E-state index in [4.69, 9.17) is 4.74 Å². The van der Waals surface area contributed by atoms with E-state index in [0.717, 1.165) is 19.4 Å². The van der Waals surface area contributed by atoms with Gasteiger partial charge in [0.05, 0.1) is 17.0 Å². The number of nitrogens with zero attached hydrogens (tertiary/aromatic N) is 3. The van der Waals surface area contributed by atoms with E-state index in [9.17, 15) is 10.1 Å². The van der Waals surface area contributed by atoms with Crippen molar-refractivity contribution < 1.29 is 9.66 Å². The third kappa shape index (κ3) is 4.09. The van der Waals surface area contributed by atoms with Gasteiger partial charge in [0, 0.05) is 30.7 Å². The summed E-state index contributed by atoms with van der Waals surface area (Å²) in [5.41, 5.74) is 0.699. The summed E-state index contributed by atoms with van der Waals surface area (Å²) < 4.78 is 5.46. The van der Waals surface area contributed by atoms with Crippen LogP contribution in [0.2, 0.25) is 0 Å². The van der Waals surface area contributed by atoms with Gasteiger partial charge in [-0.25, -0.2) is 9.97 Å². The maximum Gasteiger partial charge on any atom is 0.270 e. The first-order valence-electron chi connectivity index (χ1n) is 6.93. The molecule has 2 aromatic rings. The van der Waals surface area contributed by atoms with E-state index in [1.807, 2.05) is 0 Å². The van der Waals surface area contributed by atoms with Gasteiger partial charge >= 0.3 is 0 Å². The van der Waals surface area contributed by atoms with E-state index in [0.29, 0.717) is 29.9 Å². The third-order valence-corrected chi connectivity index (χ3v) is 3.01. The summed E-state index contributed by atoms with van der Waals surface area (Å²) in [4.78, 5) is 18.7. The van der Waals surface area contributed by atoms with Crippen LogP contribution in [0.5, 0.6) is 0 Å². The van der Waals surface area contributed by atoms with Crippen LogP contribution in [-0.4, -0.2) is 34.6 Å². The Morgan fingerprint density at radius 1 is 1.33 bits per heavy atom. The zero-order valence-electron chi connectivity index (χ0n) is 11.9. The summed E-state index contributed by atoms with van der Waals surface area (Å²) in [6.07, 6.45) is 3.59. The Morgan fingerprint density at radius 2 is 2.19 bits per heavy atom. The number of nitro groups is 1. The summed E-state index contributed by atoms with van der Waals surface area (Å²) in [6, 6.07) is 4.54. The molecule has 21 heavy (non-hydrogen) atoms. The summed E-state index contributed by atoms with van der Waals surface area (Å²) in [5.74, 6) is 0.586. The van der Waals surface area contributed by atoms with Gasteiger partial charge in [-0.05, 0) is 12.5 Å². The van der Waals surface area contributed by atoms with Gasteiger partial charge in [0.25, 0.3) is 5.69 Å². The largest absolute Gasteiger partial charge is 0.380 e. The Balaban J connectivity index is 2.05. The van der Waals surface area contributed by atoms with Crippen molar-refractivity contribution in [1.29, 1.82) is 0 Å². The lowest BCUT2D eigenvalue weighted by molar-refractivity contribution is -0.384. The number of ether oxygens (including phenoxy) is 1. The molecule has 0 fully saturated rings. The fourth-order valence-corrected chi connectivity index (χ4v) is 1.89. The average molecular weight is 290 g/mol. The normalized spacial score (nSPS) is 10.7. The quantitative estimate of drug-likeness (QED) is 0.456. The van der Waals surface area contributed by atoms with E-state index >= 15 is 0 Å². The van der Waals surface area contributed by atoms with Crippen LogP contribution in [0.4, 0.5) is 11.5 Å². The number of non-ortho nitro benzene ring substituents is 1. The van der Waals surface area contributed by atoms with Gasteiger partial charge in [-0.1, -0.05) is 13.3 Å². The van der Waals surface area contributed by atoms with Crippen molar-refractivity contribution in [3.8, 4) is 0 Å². The van der Waals surface area contributed by atoms with Gasteiger partial charge in [-0.15, -0.1) is 0 Å². The van der Waals surface area contributed by atoms with Crippen LogP contribution in [0, 0.1) is 10.1 Å². The van der Waals surface area contributed by atoms with Gasteiger partial charge in [-0.3, -0.25) is 10.1 Å². The fourth-order valence-electron chi connectivity index (χ4n) is 1.89. The van der Waals surface area contributed by atoms with E-state index in [1.165, 1.54) is 18.5 Å². The first-order valence-corrected chi connectivity index (χ1v) is 6.93. The smallest absolute Gasteiger partial charge is 0.270 e. The van der Waals surface area contributed by atoms with Crippen molar-refractivity contribution >= 4 is 22.4 Å². The van der Waals surface area contributed by atoms with Crippen molar-refractivity contribution in [2.24, 2.45) is 0 Å². The van der Waals surface area contributed by atoms with Crippen molar-refractivity contribution in [3.63, 3.8) is 0 Å². The molecule has 0 atom stereocenters. The van der Waals surface area contributed by atoms with Crippen LogP contribution in [-0.2, 0) is 4.74 Å². The zero-order valence-corrected chi connectivity index (χ0v) is 11.9. The maximum atomic E-state index is 10.8. The zero-order chi connectivity index (χ0) is 15.1. The maximum absolute atomic E-state index is 10.8. The van der Waals surface area contributed by atoms with Crippen LogP contribution in [0.1, 0.15) is 19.8 Å². The number of hydrogen-bond acceptors (Lipinski definition) is 6. The molecular weight excluding hydrogens is 272 g/mol. The number of rotatable bonds is 8. The highest BCUT2D eigenvalue weighted by Gasteiger charge is 2.10. The molecule has 0 radical (unpaired) electrons. The lowest BCUT2D eigenvalue weighted by Crippen LogP contribution is -2.11. The molecule has 7 nitrogen and oxygen atoms in total. The average Bonchev–Trinajstić information content (AvgIpc) is 2.50. The van der Waals surface area contributed by atoms with Gasteiger partial charge in [-0.2, -0.15) is 0 Å².